The second-order valence-corrected chi connectivity index (χ2v) is 6.42. The summed E-state index contributed by atoms with van der Waals surface area (Å²) in [5, 5.41) is 28.4. The van der Waals surface area contributed by atoms with Crippen LogP contribution in [0.3, 0.4) is 0 Å². The Morgan fingerprint density at radius 3 is 2.79 bits per heavy atom. The van der Waals surface area contributed by atoms with E-state index in [2.05, 4.69) is 16.3 Å². The zero-order chi connectivity index (χ0) is 16.7. The Morgan fingerprint density at radius 2 is 2.04 bits per heavy atom. The Labute approximate surface area is 140 Å². The normalized spacial score (nSPS) is 21.0. The monoisotopic (exact) mass is 321 g/mol. The Hall–Kier alpha value is -2.65. The largest absolute Gasteiger partial charge is 0.393 e. The molecule has 1 saturated carbocycles. The van der Waals surface area contributed by atoms with Gasteiger partial charge in [0.25, 0.3) is 0 Å². The van der Waals surface area contributed by atoms with Gasteiger partial charge in [-0.2, -0.15) is 15.5 Å². The predicted molar refractivity (Wildman–Crippen MR) is 89.4 cm³/mol. The Kier molecular flexibility index (Phi) is 3.58. The third kappa shape index (κ3) is 2.29. The van der Waals surface area contributed by atoms with Crippen LogP contribution in [0.1, 0.15) is 43.0 Å². The lowest BCUT2D eigenvalue weighted by Crippen LogP contribution is -2.22. The zero-order valence-corrected chi connectivity index (χ0v) is 13.6. The van der Waals surface area contributed by atoms with Gasteiger partial charge in [-0.05, 0) is 44.7 Å². The van der Waals surface area contributed by atoms with E-state index in [-0.39, 0.29) is 6.10 Å². The van der Waals surface area contributed by atoms with Crippen LogP contribution in [0.15, 0.2) is 30.6 Å². The topological polar surface area (TPSA) is 79.1 Å². The Bertz CT molecular complexity index is 925. The summed E-state index contributed by atoms with van der Waals surface area (Å²) in [5.41, 5.74) is 4.00. The Balaban J connectivity index is 1.77. The molecule has 6 nitrogen and oxygen atoms in total. The summed E-state index contributed by atoms with van der Waals surface area (Å²) in [7, 11) is 0. The molecule has 0 bridgehead atoms. The quantitative estimate of drug-likeness (QED) is 0.787. The second-order valence-electron chi connectivity index (χ2n) is 6.42. The smallest absolute Gasteiger partial charge is 0.115 e. The first-order valence-electron chi connectivity index (χ1n) is 8.29. The van der Waals surface area contributed by atoms with E-state index in [9.17, 15) is 10.4 Å². The van der Waals surface area contributed by atoms with Crippen LogP contribution in [0.4, 0.5) is 0 Å². The van der Waals surface area contributed by atoms with E-state index in [1.807, 2.05) is 42.2 Å². The molecule has 1 fully saturated rings. The minimum Gasteiger partial charge on any atom is -0.393 e. The molecule has 0 spiro atoms. The van der Waals surface area contributed by atoms with Crippen molar-refractivity contribution in [3.05, 3.63) is 41.9 Å². The summed E-state index contributed by atoms with van der Waals surface area (Å²) < 4.78 is 3.77. The molecule has 1 aliphatic rings. The summed E-state index contributed by atoms with van der Waals surface area (Å²) >= 11 is 0. The van der Waals surface area contributed by atoms with Crippen LogP contribution in [0.2, 0.25) is 0 Å². The molecule has 0 atom stereocenters. The lowest BCUT2D eigenvalue weighted by atomic mass is 9.93. The average molecular weight is 321 g/mol. The van der Waals surface area contributed by atoms with Crippen LogP contribution in [-0.4, -0.2) is 30.6 Å². The molecule has 0 unspecified atom stereocenters. The van der Waals surface area contributed by atoms with Crippen LogP contribution >= 0.6 is 0 Å². The predicted octanol–water partition coefficient (Wildman–Crippen LogP) is 2.85. The molecule has 122 valence electrons. The van der Waals surface area contributed by atoms with E-state index in [4.69, 9.17) is 0 Å². The number of nitriles is 1. The number of nitrogens with zero attached hydrogens (tertiary/aromatic N) is 5. The highest BCUT2D eigenvalue weighted by atomic mass is 16.3. The molecule has 1 N–H and O–H groups in total. The summed E-state index contributed by atoms with van der Waals surface area (Å²) in [5.74, 6) is 0. The standard InChI is InChI=1S/C18H19N5O/c1-12-16(11-20-23(12)13-5-7-14(24)8-6-13)18-15(10-19)17-4-2-3-9-22(17)21-18/h2-4,9,11,13-14,24H,5-8H2,1H3. The van der Waals surface area contributed by atoms with E-state index in [0.717, 1.165) is 42.5 Å². The van der Waals surface area contributed by atoms with Crippen molar-refractivity contribution in [1.82, 2.24) is 19.4 Å². The fourth-order valence-electron chi connectivity index (χ4n) is 3.62. The van der Waals surface area contributed by atoms with Crippen molar-refractivity contribution in [3.8, 4) is 17.3 Å². The maximum atomic E-state index is 9.70. The highest BCUT2D eigenvalue weighted by Crippen LogP contribution is 2.33. The number of aliphatic hydroxyl groups is 1. The molecule has 1 aliphatic carbocycles. The third-order valence-electron chi connectivity index (χ3n) is 4.96. The summed E-state index contributed by atoms with van der Waals surface area (Å²) in [4.78, 5) is 0. The van der Waals surface area contributed by atoms with Crippen LogP contribution < -0.4 is 0 Å². The first-order chi connectivity index (χ1) is 11.7. The molecule has 0 amide bonds. The second kappa shape index (κ2) is 5.77. The maximum absolute atomic E-state index is 9.70. The number of aromatic nitrogens is 4. The van der Waals surface area contributed by atoms with E-state index < -0.39 is 0 Å². The van der Waals surface area contributed by atoms with E-state index >= 15 is 0 Å². The van der Waals surface area contributed by atoms with Gasteiger partial charge in [-0.25, -0.2) is 4.52 Å². The number of hydrogen-bond acceptors (Lipinski definition) is 4. The van der Waals surface area contributed by atoms with Gasteiger partial charge in [-0.1, -0.05) is 6.07 Å². The summed E-state index contributed by atoms with van der Waals surface area (Å²) in [6.07, 6.45) is 6.97. The highest BCUT2D eigenvalue weighted by Gasteiger charge is 2.25. The SMILES string of the molecule is Cc1c(-c2nn3ccccc3c2C#N)cnn1C1CCC(O)CC1. The minimum atomic E-state index is -0.180. The minimum absolute atomic E-state index is 0.180. The van der Waals surface area contributed by atoms with E-state index in [1.165, 1.54) is 0 Å². The van der Waals surface area contributed by atoms with Crippen molar-refractivity contribution >= 4 is 5.52 Å². The molecule has 24 heavy (non-hydrogen) atoms. The van der Waals surface area contributed by atoms with Crippen molar-refractivity contribution in [2.45, 2.75) is 44.8 Å². The number of fused-ring (bicyclic) bond motifs is 1. The highest BCUT2D eigenvalue weighted by molar-refractivity contribution is 5.77. The van der Waals surface area contributed by atoms with E-state index in [1.54, 1.807) is 4.52 Å². The van der Waals surface area contributed by atoms with Gasteiger partial charge in [0.1, 0.15) is 17.3 Å². The van der Waals surface area contributed by atoms with Crippen molar-refractivity contribution in [2.24, 2.45) is 0 Å². The molecule has 3 aromatic rings. The van der Waals surface area contributed by atoms with Gasteiger partial charge in [0.2, 0.25) is 0 Å². The molecular weight excluding hydrogens is 302 g/mol. The van der Waals surface area contributed by atoms with Gasteiger partial charge in [-0.3, -0.25) is 4.68 Å². The van der Waals surface area contributed by atoms with E-state index in [0.29, 0.717) is 17.3 Å². The van der Waals surface area contributed by atoms with Crippen molar-refractivity contribution < 1.29 is 5.11 Å². The average Bonchev–Trinajstić information content (AvgIpc) is 3.15. The molecule has 0 aliphatic heterocycles. The fraction of sp³-hybridized carbons (Fsp3) is 0.389. The maximum Gasteiger partial charge on any atom is 0.115 e. The molecule has 0 radical (unpaired) electrons. The molecule has 6 heteroatoms. The van der Waals surface area contributed by atoms with Crippen molar-refractivity contribution in [3.63, 3.8) is 0 Å². The molecule has 4 rings (SSSR count). The van der Waals surface area contributed by atoms with Gasteiger partial charge >= 0.3 is 0 Å². The van der Waals surface area contributed by atoms with Crippen molar-refractivity contribution in [1.29, 1.82) is 5.26 Å². The van der Waals surface area contributed by atoms with Gasteiger partial charge in [0, 0.05) is 17.5 Å². The lowest BCUT2D eigenvalue weighted by Gasteiger charge is -2.26. The van der Waals surface area contributed by atoms with Gasteiger partial charge < -0.3 is 5.11 Å². The number of rotatable bonds is 2. The molecule has 3 heterocycles. The van der Waals surface area contributed by atoms with Crippen LogP contribution in [0.25, 0.3) is 16.8 Å². The van der Waals surface area contributed by atoms with Crippen molar-refractivity contribution in [2.75, 3.05) is 0 Å². The van der Waals surface area contributed by atoms with Gasteiger partial charge in [0.15, 0.2) is 0 Å². The summed E-state index contributed by atoms with van der Waals surface area (Å²) in [6.45, 7) is 2.03. The number of pyridine rings is 1. The summed E-state index contributed by atoms with van der Waals surface area (Å²) in [6, 6.07) is 8.30. The molecule has 0 saturated heterocycles. The third-order valence-corrected chi connectivity index (χ3v) is 4.96. The van der Waals surface area contributed by atoms with Crippen LogP contribution in [0, 0.1) is 18.3 Å². The van der Waals surface area contributed by atoms with Crippen LogP contribution in [-0.2, 0) is 0 Å². The molecule has 0 aromatic carbocycles. The first kappa shape index (κ1) is 14.9. The number of hydrogen-bond donors (Lipinski definition) is 1. The number of aliphatic hydroxyl groups excluding tert-OH is 1. The lowest BCUT2D eigenvalue weighted by molar-refractivity contribution is 0.107. The van der Waals surface area contributed by atoms with Gasteiger partial charge in [-0.15, -0.1) is 0 Å². The Morgan fingerprint density at radius 1 is 1.25 bits per heavy atom. The van der Waals surface area contributed by atoms with Gasteiger partial charge in [0.05, 0.1) is 23.9 Å². The zero-order valence-electron chi connectivity index (χ0n) is 13.6. The first-order valence-corrected chi connectivity index (χ1v) is 8.29. The fourth-order valence-corrected chi connectivity index (χ4v) is 3.62. The molecule has 3 aromatic heterocycles. The molecular formula is C18H19N5O. The van der Waals surface area contributed by atoms with Crippen LogP contribution in [0.5, 0.6) is 0 Å².